The van der Waals surface area contributed by atoms with E-state index in [2.05, 4.69) is 0 Å². The number of benzene rings is 2. The Kier molecular flexibility index (Phi) is 5.68. The van der Waals surface area contributed by atoms with Gasteiger partial charge < -0.3 is 9.31 Å². The summed E-state index contributed by atoms with van der Waals surface area (Å²) >= 11 is 11.0. The first-order valence-corrected chi connectivity index (χ1v) is 7.12. The summed E-state index contributed by atoms with van der Waals surface area (Å²) in [4.78, 5) is 0. The fourth-order valence-electron chi connectivity index (χ4n) is 1.73. The maximum Gasteiger partial charge on any atom is 0.658 e. The second-order valence-corrected chi connectivity index (χ2v) is 5.43. The maximum absolute atomic E-state index is 12.6. The van der Waals surface area contributed by atoms with Crippen LogP contribution >= 0.6 is 23.2 Å². The first kappa shape index (κ1) is 19.6. The Hall–Kier alpha value is -1.74. The van der Waals surface area contributed by atoms with Gasteiger partial charge in [-0.15, -0.1) is 0 Å². The van der Waals surface area contributed by atoms with Crippen molar-refractivity contribution in [3.63, 3.8) is 0 Å². The molecule has 2 aromatic carbocycles. The highest BCUT2D eigenvalue weighted by molar-refractivity contribution is 6.32. The van der Waals surface area contributed by atoms with Gasteiger partial charge in [-0.25, -0.2) is 0 Å². The van der Waals surface area contributed by atoms with Crippen molar-refractivity contribution in [2.45, 2.75) is 12.4 Å². The summed E-state index contributed by atoms with van der Waals surface area (Å²) in [5.41, 5.74) is -2.06. The highest BCUT2D eigenvalue weighted by Crippen LogP contribution is 2.37. The van der Waals surface area contributed by atoms with Gasteiger partial charge in [0.05, 0.1) is 21.2 Å². The van der Waals surface area contributed by atoms with E-state index in [9.17, 15) is 26.3 Å². The monoisotopic (exact) mass is 401 g/mol. The molecule has 0 aromatic heterocycles. The lowest BCUT2D eigenvalue weighted by Crippen LogP contribution is -2.12. The van der Waals surface area contributed by atoms with Crippen LogP contribution in [0.5, 0.6) is 11.5 Å². The topological polar surface area (TPSA) is 18.5 Å². The van der Waals surface area contributed by atoms with Crippen molar-refractivity contribution in [3.05, 3.63) is 57.6 Å². The normalized spacial score (nSPS) is 12.0. The van der Waals surface area contributed by atoms with Gasteiger partial charge in [0.1, 0.15) is 11.5 Å². The Balaban J connectivity index is 1.99. The molecule has 2 aromatic rings. The summed E-state index contributed by atoms with van der Waals surface area (Å²) < 4.78 is 85.2. The molecule has 25 heavy (non-hydrogen) atoms. The van der Waals surface area contributed by atoms with Gasteiger partial charge >= 0.3 is 20.0 Å². The van der Waals surface area contributed by atoms with Crippen LogP contribution in [0.4, 0.5) is 26.3 Å². The summed E-state index contributed by atoms with van der Waals surface area (Å²) in [6.45, 7) is 0. The van der Waals surface area contributed by atoms with Gasteiger partial charge in [-0.05, 0) is 36.4 Å². The third-order valence-electron chi connectivity index (χ3n) is 2.86. The Labute approximate surface area is 148 Å². The molecule has 1 radical (unpaired) electrons. The van der Waals surface area contributed by atoms with E-state index in [0.717, 1.165) is 44.1 Å². The van der Waals surface area contributed by atoms with E-state index in [4.69, 9.17) is 32.5 Å². The van der Waals surface area contributed by atoms with E-state index in [1.165, 1.54) is 0 Å². The first-order chi connectivity index (χ1) is 11.5. The van der Waals surface area contributed by atoms with Gasteiger partial charge in [-0.2, -0.15) is 26.3 Å². The Bertz CT molecular complexity index is 700. The summed E-state index contributed by atoms with van der Waals surface area (Å²) in [6.07, 6.45) is -9.21. The molecule has 0 aliphatic carbocycles. The van der Waals surface area contributed by atoms with Crippen molar-refractivity contribution in [2.75, 3.05) is 0 Å². The fraction of sp³-hybridized carbons (Fsp3) is 0.143. The smallest absolute Gasteiger partial charge is 0.526 e. The molecular weight excluding hydrogens is 396 g/mol. The summed E-state index contributed by atoms with van der Waals surface area (Å²) in [5.74, 6) is -0.119. The van der Waals surface area contributed by atoms with Gasteiger partial charge in [0.25, 0.3) is 0 Å². The minimum absolute atomic E-state index is 0.0593. The van der Waals surface area contributed by atoms with Crippen molar-refractivity contribution < 1.29 is 35.7 Å². The largest absolute Gasteiger partial charge is 0.658 e. The zero-order valence-electron chi connectivity index (χ0n) is 11.9. The minimum Gasteiger partial charge on any atom is -0.526 e. The Morgan fingerprint density at radius 1 is 0.680 bits per heavy atom. The van der Waals surface area contributed by atoms with Crippen LogP contribution in [0.15, 0.2) is 36.4 Å². The van der Waals surface area contributed by atoms with Crippen LogP contribution in [0.1, 0.15) is 11.1 Å². The Morgan fingerprint density at radius 2 is 1.04 bits per heavy atom. The Morgan fingerprint density at radius 3 is 1.32 bits per heavy atom. The summed E-state index contributed by atoms with van der Waals surface area (Å²) in [6, 6.07) is 5.30. The third-order valence-corrected chi connectivity index (χ3v) is 3.49. The van der Waals surface area contributed by atoms with Crippen molar-refractivity contribution in [2.24, 2.45) is 0 Å². The predicted octanol–water partition coefficient (Wildman–Crippen LogP) is 6.02. The number of halogens is 8. The number of hydrogen-bond acceptors (Lipinski definition) is 2. The maximum atomic E-state index is 12.6. The quantitative estimate of drug-likeness (QED) is 0.460. The van der Waals surface area contributed by atoms with Crippen LogP contribution in [0.25, 0.3) is 0 Å². The zero-order valence-corrected chi connectivity index (χ0v) is 13.4. The molecule has 0 spiro atoms. The summed E-state index contributed by atoms with van der Waals surface area (Å²) in [5, 5.41) is -1.15. The van der Waals surface area contributed by atoms with E-state index in [-0.39, 0.29) is 11.5 Å². The third kappa shape index (κ3) is 5.12. The molecule has 2 rings (SSSR count). The lowest BCUT2D eigenvalue weighted by Gasteiger charge is -2.12. The van der Waals surface area contributed by atoms with Gasteiger partial charge in [0, 0.05) is 0 Å². The molecular formula is C14H6BCl2F6O2. The van der Waals surface area contributed by atoms with Gasteiger partial charge in [-0.3, -0.25) is 0 Å². The van der Waals surface area contributed by atoms with Crippen LogP contribution in [0.3, 0.4) is 0 Å². The molecule has 11 heteroatoms. The molecule has 0 saturated heterocycles. The molecule has 133 valence electrons. The van der Waals surface area contributed by atoms with Crippen molar-refractivity contribution in [3.8, 4) is 11.5 Å². The SMILES string of the molecule is FC(F)(F)c1ccc(O[B]Oc2ccc(C(F)(F)F)c(Cl)c2)cc1Cl. The van der Waals surface area contributed by atoms with Crippen LogP contribution < -0.4 is 9.31 Å². The molecule has 0 atom stereocenters. The average Bonchev–Trinajstić information content (AvgIpc) is 2.44. The van der Waals surface area contributed by atoms with Gasteiger partial charge in [0.15, 0.2) is 0 Å². The van der Waals surface area contributed by atoms with Crippen molar-refractivity contribution in [1.82, 2.24) is 0 Å². The lowest BCUT2D eigenvalue weighted by atomic mass is 10.2. The molecule has 2 nitrogen and oxygen atoms in total. The number of hydrogen-bond donors (Lipinski definition) is 0. The van der Waals surface area contributed by atoms with Crippen LogP contribution in [-0.2, 0) is 12.4 Å². The van der Waals surface area contributed by atoms with Crippen LogP contribution in [-0.4, -0.2) is 7.69 Å². The second kappa shape index (κ2) is 7.25. The van der Waals surface area contributed by atoms with E-state index < -0.39 is 33.5 Å². The average molecular weight is 402 g/mol. The molecule has 0 bridgehead atoms. The number of alkyl halides is 6. The van der Waals surface area contributed by atoms with E-state index in [1.54, 1.807) is 0 Å². The zero-order chi connectivity index (χ0) is 18.8. The molecule has 0 fully saturated rings. The molecule has 0 aliphatic heterocycles. The molecule has 0 unspecified atom stereocenters. The van der Waals surface area contributed by atoms with E-state index >= 15 is 0 Å². The highest BCUT2D eigenvalue weighted by Gasteiger charge is 2.34. The molecule has 0 saturated carbocycles. The molecule has 0 heterocycles. The van der Waals surface area contributed by atoms with Gasteiger partial charge in [0.2, 0.25) is 0 Å². The van der Waals surface area contributed by atoms with Crippen LogP contribution in [0, 0.1) is 0 Å². The number of rotatable bonds is 4. The first-order valence-electron chi connectivity index (χ1n) is 6.37. The van der Waals surface area contributed by atoms with E-state index in [1.807, 2.05) is 0 Å². The lowest BCUT2D eigenvalue weighted by molar-refractivity contribution is -0.138. The van der Waals surface area contributed by atoms with Crippen LogP contribution in [0.2, 0.25) is 10.0 Å². The molecule has 0 N–H and O–H groups in total. The summed E-state index contributed by atoms with van der Waals surface area (Å²) in [7, 11) is 0.720. The standard InChI is InChI=1S/C14H6BCl2F6O2/c16-11-5-7(1-3-9(11)13(18,19)20)24-15-25-8-2-4-10(12(17)6-8)14(21,22)23/h1-6H. The highest BCUT2D eigenvalue weighted by atomic mass is 35.5. The minimum atomic E-state index is -4.60. The van der Waals surface area contributed by atoms with Crippen molar-refractivity contribution in [1.29, 1.82) is 0 Å². The fourth-order valence-corrected chi connectivity index (χ4v) is 2.29. The van der Waals surface area contributed by atoms with Crippen molar-refractivity contribution >= 4 is 30.9 Å². The molecule has 0 aliphatic rings. The second-order valence-electron chi connectivity index (χ2n) is 4.61. The van der Waals surface area contributed by atoms with E-state index in [0.29, 0.717) is 0 Å². The molecule has 0 amide bonds. The predicted molar refractivity (Wildman–Crippen MR) is 79.9 cm³/mol. The van der Waals surface area contributed by atoms with Gasteiger partial charge in [-0.1, -0.05) is 23.2 Å².